The van der Waals surface area contributed by atoms with Gasteiger partial charge in [-0.25, -0.2) is 54.2 Å². The average Bonchev–Trinajstić information content (AvgIpc) is 1.64. The van der Waals surface area contributed by atoms with Crippen molar-refractivity contribution >= 4 is 108 Å². The molecule has 114 heavy (non-hydrogen) atoms. The Kier molecular flexibility index (Phi) is 24.2. The van der Waals surface area contributed by atoms with Crippen LogP contribution in [0.15, 0.2) is 115 Å². The molecule has 10 aromatic rings. The van der Waals surface area contributed by atoms with Crippen LogP contribution in [0.3, 0.4) is 0 Å². The highest BCUT2D eigenvalue weighted by Gasteiger charge is 2.52. The predicted molar refractivity (Wildman–Crippen MR) is 375 cm³/mol. The summed E-state index contributed by atoms with van der Waals surface area (Å²) in [6.45, 7) is -4.32. The molecule has 4 fully saturated rings. The van der Waals surface area contributed by atoms with Gasteiger partial charge in [-0.1, -0.05) is 29.5 Å². The predicted octanol–water partition coefficient (Wildman–Crippen LogP) is -1.71. The Labute approximate surface area is 640 Å². The number of pyridine rings is 1. The monoisotopic (exact) mass is 1680 g/mol. The summed E-state index contributed by atoms with van der Waals surface area (Å²) in [5.41, 5.74) is 19.6. The van der Waals surface area contributed by atoms with Crippen LogP contribution in [0.5, 0.6) is 0 Å². The number of rotatable bonds is 34. The molecule has 54 heteroatoms. The lowest BCUT2D eigenvalue weighted by Crippen LogP contribution is -2.41. The highest BCUT2D eigenvalue weighted by molar-refractivity contribution is 7.46. The van der Waals surface area contributed by atoms with Crippen molar-refractivity contribution in [2.24, 2.45) is 0 Å². The maximum atomic E-state index is 14.8. The number of benzene rings is 1. The van der Waals surface area contributed by atoms with Crippen molar-refractivity contribution in [1.82, 2.24) is 83.1 Å². The van der Waals surface area contributed by atoms with E-state index in [9.17, 15) is 66.7 Å². The lowest BCUT2D eigenvalue weighted by Gasteiger charge is -2.33. The maximum absolute atomic E-state index is 14.8. The van der Waals surface area contributed by atoms with Crippen LogP contribution in [0.2, 0.25) is 0 Å². The van der Waals surface area contributed by atoms with E-state index < -0.39 is 176 Å². The molecule has 14 rings (SSSR count). The van der Waals surface area contributed by atoms with Gasteiger partial charge in [0.2, 0.25) is 0 Å². The number of phosphoric ester groups is 5. The number of fused-ring (bicyclic) bond motifs is 3. The number of hydrogen-bond acceptors (Lipinski definition) is 40. The third kappa shape index (κ3) is 19.6. The molecule has 4 aliphatic rings. The van der Waals surface area contributed by atoms with Crippen LogP contribution in [0.4, 0.5) is 23.1 Å². The number of imidazole rings is 3. The van der Waals surface area contributed by atoms with E-state index in [1.54, 1.807) is 0 Å². The van der Waals surface area contributed by atoms with Gasteiger partial charge in [0.15, 0.2) is 53.0 Å². The minimum absolute atomic E-state index is 0.0257. The molecule has 13 heterocycles. The SMILES string of the molecule is CN(C)c1ccc(/C=C/c2cc[n+](CCCn3cc(CO[C@H]4C(n5ccc(=O)[nH]c5=O)O[C@H](COP(=O)([O-])O[C@H]5C[C@H](n6cnc7c(N)ncnc76)O[C@@H]5COP(=O)([O-])O)[C@H]4OP(=O)([O-])OC[C@H]4O[C@@H](n5cnc6c(N)ncnc65)C[C@@H]4OP(=O)([O-])OC[C@H]4O[C@@H](n5cnc6c(N)ncnc65)C[C@@H]4OP(=O)([O-])O)nn3)cc2)cc1. The third-order valence-corrected chi connectivity index (χ3v) is 22.3. The molecule has 610 valence electrons. The molecule has 9 aromatic heterocycles. The first-order valence-electron chi connectivity index (χ1n) is 34.2. The third-order valence-electron chi connectivity index (χ3n) is 18.3. The van der Waals surface area contributed by atoms with Crippen LogP contribution in [0, 0.1) is 0 Å². The van der Waals surface area contributed by atoms with E-state index in [4.69, 9.17) is 72.6 Å². The largest absolute Gasteiger partial charge is 0.756 e. The highest BCUT2D eigenvalue weighted by atomic mass is 31.2. The van der Waals surface area contributed by atoms with Gasteiger partial charge in [-0.05, 0) is 23.3 Å². The molecule has 0 amide bonds. The number of nitrogens with one attached hydrogen (secondary N) is 1. The minimum atomic E-state index is -6.07. The molecule has 49 nitrogen and oxygen atoms in total. The summed E-state index contributed by atoms with van der Waals surface area (Å²) in [6, 6.07) is 12.9. The van der Waals surface area contributed by atoms with E-state index in [2.05, 4.69) is 59.7 Å². The number of aromatic nitrogens is 18. The molecule has 0 radical (unpaired) electrons. The Morgan fingerprint density at radius 2 is 1.04 bits per heavy atom. The van der Waals surface area contributed by atoms with Gasteiger partial charge >= 0.3 is 5.69 Å². The van der Waals surface area contributed by atoms with Gasteiger partial charge in [-0.3, -0.25) is 55.6 Å². The van der Waals surface area contributed by atoms with Crippen LogP contribution < -0.4 is 62.4 Å². The van der Waals surface area contributed by atoms with E-state index >= 15 is 0 Å². The van der Waals surface area contributed by atoms with Gasteiger partial charge in [0.05, 0.1) is 76.5 Å². The number of H-pyrrole nitrogens is 1. The zero-order chi connectivity index (χ0) is 80.6. The summed E-state index contributed by atoms with van der Waals surface area (Å²) in [5, 5.41) is 8.43. The van der Waals surface area contributed by atoms with Crippen molar-refractivity contribution in [3.63, 3.8) is 0 Å². The van der Waals surface area contributed by atoms with Crippen LogP contribution in [-0.2, 0) is 102 Å². The summed E-state index contributed by atoms with van der Waals surface area (Å²) in [5.74, 6) is -0.160. The van der Waals surface area contributed by atoms with Gasteiger partial charge in [0.25, 0.3) is 44.7 Å². The van der Waals surface area contributed by atoms with Crippen molar-refractivity contribution in [1.29, 1.82) is 0 Å². The van der Waals surface area contributed by atoms with Crippen LogP contribution in [0.1, 0.15) is 67.4 Å². The zero-order valence-electron chi connectivity index (χ0n) is 59.4. The van der Waals surface area contributed by atoms with Gasteiger partial charge < -0.3 is 116 Å². The van der Waals surface area contributed by atoms with Crippen LogP contribution in [0.25, 0.3) is 45.6 Å². The molecular formula is C60H69N22O27P5-4. The second kappa shape index (κ2) is 33.8. The van der Waals surface area contributed by atoms with Crippen molar-refractivity contribution in [2.75, 3.05) is 62.6 Å². The molecule has 4 saturated heterocycles. The Bertz CT molecular complexity index is 5520. The number of nitrogens with zero attached hydrogens (tertiary/aromatic N) is 18. The number of aromatic amines is 1. The standard InChI is InChI=1S/C60H73N22O27P5/c1-76(2)36-8-6-33(7-9-36)4-5-34-10-15-77(16-11-34)13-3-14-78-21-35(74-75-78)22-97-52-51(43(105-59(52)79-17-12-44(83)73-60(79)84)26-101-113(93,94)107-38-19-46(102-40(38)23-98-110(85,86)87)81-31-71-49-54(62)65-28-68-57(49)81)109-114(95,96)100-25-42-39(20-47(104-42)82-32-72-50-55(63)66-29-69-58(50)82)108-112(91,92)99-24-41-37(106-111(88,89)90)18-45(103-41)80-30-70-48-53(61)64-27-67-56(48)80/h4-12,15-17,21,27-32,37-43,45-47,51-52,59H,3,13-14,18-20,22-26H2,1-2H3,(H13-,61,62,63,64,65,66,67,68,69,73,83,84,85,86,87,88,89,90,91,92,93,94,95,96)/p-4/t37-,38-,39-,40+,41+,42+,43+,45+,46+,47+,51+,52+,59?/m0/s1. The lowest BCUT2D eigenvalue weighted by molar-refractivity contribution is -0.697. The second-order valence-electron chi connectivity index (χ2n) is 26.2. The highest BCUT2D eigenvalue weighted by Crippen LogP contribution is 2.53. The molecule has 6 unspecified atom stereocenters. The van der Waals surface area contributed by atoms with E-state index in [1.807, 2.05) is 89.5 Å². The summed E-state index contributed by atoms with van der Waals surface area (Å²) in [7, 11) is -24.8. The number of anilines is 4. The van der Waals surface area contributed by atoms with Gasteiger partial charge in [-0.15, -0.1) is 5.10 Å². The summed E-state index contributed by atoms with van der Waals surface area (Å²) >= 11 is 0. The molecule has 18 atom stereocenters. The first-order valence-corrected chi connectivity index (χ1v) is 41.6. The van der Waals surface area contributed by atoms with Crippen molar-refractivity contribution in [3.05, 3.63) is 143 Å². The van der Waals surface area contributed by atoms with E-state index in [1.165, 1.54) is 43.6 Å². The number of hydrogen-bond donors (Lipinski definition) is 6. The Hall–Kier alpha value is -8.87. The molecule has 0 saturated carbocycles. The summed E-state index contributed by atoms with van der Waals surface area (Å²) < 4.78 is 148. The van der Waals surface area contributed by atoms with Crippen molar-refractivity contribution < 1.29 is 122 Å². The first kappa shape index (κ1) is 81.7. The number of aryl methyl sites for hydroxylation is 2. The van der Waals surface area contributed by atoms with Gasteiger partial charge in [0, 0.05) is 76.4 Å². The minimum Gasteiger partial charge on any atom is -0.756 e. The van der Waals surface area contributed by atoms with E-state index in [0.717, 1.165) is 52.6 Å². The van der Waals surface area contributed by atoms with Gasteiger partial charge in [-0.2, -0.15) is 0 Å². The molecular weight excluding hydrogens is 1620 g/mol. The fourth-order valence-corrected chi connectivity index (χ4v) is 16.7. The van der Waals surface area contributed by atoms with E-state index in [0.29, 0.717) is 19.5 Å². The number of phosphoric acid groups is 5. The van der Waals surface area contributed by atoms with E-state index in [-0.39, 0.29) is 63.1 Å². The average molecular weight is 1690 g/mol. The van der Waals surface area contributed by atoms with Gasteiger partial charge in [0.1, 0.15) is 103 Å². The van der Waals surface area contributed by atoms with Crippen molar-refractivity contribution in [2.45, 2.75) is 125 Å². The molecule has 0 bridgehead atoms. The Morgan fingerprint density at radius 3 is 1.51 bits per heavy atom. The molecule has 0 aliphatic carbocycles. The molecule has 1 aromatic carbocycles. The fraction of sp³-hybridized carbons (Fsp3) is 0.433. The molecule has 9 N–H and O–H groups in total. The summed E-state index contributed by atoms with van der Waals surface area (Å²) in [6.07, 6.45) is -5.61. The lowest BCUT2D eigenvalue weighted by atomic mass is 10.1. The maximum Gasteiger partial charge on any atom is 0.330 e. The molecule has 0 spiro atoms. The smallest absolute Gasteiger partial charge is 0.330 e. The molecule has 4 aliphatic heterocycles. The number of ether oxygens (including phenoxy) is 5. The first-order chi connectivity index (χ1) is 54.2. The Balaban J connectivity index is 0.713. The topological polar surface area (TPSA) is 663 Å². The van der Waals surface area contributed by atoms with Crippen molar-refractivity contribution in [3.8, 4) is 0 Å². The quantitative estimate of drug-likeness (QED) is 0.0193. The number of nitrogen functional groups attached to an aromatic ring is 3. The van der Waals surface area contributed by atoms with Crippen LogP contribution >= 0.6 is 39.1 Å². The second-order valence-corrected chi connectivity index (χ2v) is 32.6. The summed E-state index contributed by atoms with van der Waals surface area (Å²) in [4.78, 5) is 154. The van der Waals surface area contributed by atoms with Crippen LogP contribution in [-0.4, -0.2) is 188 Å². The zero-order valence-corrected chi connectivity index (χ0v) is 63.8. The Morgan fingerprint density at radius 1 is 0.570 bits per heavy atom. The normalized spacial score (nSPS) is 26.0. The number of nitrogens with two attached hydrogens (primary N) is 3. The fourth-order valence-electron chi connectivity index (χ4n) is 13.0.